The number of allylic oxidation sites excluding steroid dienone is 2. The fraction of sp³-hybridized carbons (Fsp3) is 0.865. The van der Waals surface area contributed by atoms with Gasteiger partial charge in [0.15, 0.2) is 0 Å². The minimum Gasteiger partial charge on any atom is -0.481 e. The summed E-state index contributed by atoms with van der Waals surface area (Å²) in [5.74, 6) is -4.51. The van der Waals surface area contributed by atoms with E-state index in [1.54, 1.807) is 0 Å². The molecule has 7 heteroatoms. The number of hydrogen-bond donors (Lipinski definition) is 3. The van der Waals surface area contributed by atoms with Crippen LogP contribution in [0.1, 0.15) is 163 Å². The molecule has 258 valence electrons. The van der Waals surface area contributed by atoms with Gasteiger partial charge in [0.1, 0.15) is 17.8 Å². The van der Waals surface area contributed by atoms with Gasteiger partial charge in [-0.2, -0.15) is 0 Å². The largest absolute Gasteiger partial charge is 0.481 e. The lowest BCUT2D eigenvalue weighted by atomic mass is 9.95. The SMILES string of the molecule is CCCC/C=C/CCCCCCCCCCCCCCCC[N+](CC(CC)C(=O)O)(CC(CC)C(=O)O)CC(CC)C(=O)O. The quantitative estimate of drug-likeness (QED) is 0.0390. The molecule has 0 aliphatic carbocycles. The van der Waals surface area contributed by atoms with Gasteiger partial charge in [-0.1, -0.05) is 123 Å². The van der Waals surface area contributed by atoms with Crippen LogP contribution in [0.25, 0.3) is 0 Å². The smallest absolute Gasteiger partial charge is 0.312 e. The summed E-state index contributed by atoms with van der Waals surface area (Å²) in [5, 5.41) is 29.5. The van der Waals surface area contributed by atoms with Gasteiger partial charge < -0.3 is 19.8 Å². The van der Waals surface area contributed by atoms with Gasteiger partial charge in [0.05, 0.1) is 26.2 Å². The Morgan fingerprint density at radius 1 is 0.477 bits per heavy atom. The predicted octanol–water partition coefficient (Wildman–Crippen LogP) is 9.73. The Balaban J connectivity index is 4.54. The minimum atomic E-state index is -0.886. The van der Waals surface area contributed by atoms with Crippen molar-refractivity contribution in [2.75, 3.05) is 26.2 Å². The first-order valence-corrected chi connectivity index (χ1v) is 18.3. The van der Waals surface area contributed by atoms with E-state index >= 15 is 0 Å². The van der Waals surface area contributed by atoms with Crippen LogP contribution in [-0.2, 0) is 14.4 Å². The Bertz CT molecular complexity index is 707. The third kappa shape index (κ3) is 21.0. The molecule has 0 fully saturated rings. The number of rotatable bonds is 32. The van der Waals surface area contributed by atoms with Crippen LogP contribution < -0.4 is 0 Å². The molecule has 3 N–H and O–H groups in total. The van der Waals surface area contributed by atoms with Crippen LogP contribution >= 0.6 is 0 Å². The van der Waals surface area contributed by atoms with Gasteiger partial charge in [-0.25, -0.2) is 0 Å². The van der Waals surface area contributed by atoms with E-state index in [2.05, 4.69) is 19.1 Å². The molecule has 44 heavy (non-hydrogen) atoms. The van der Waals surface area contributed by atoms with Crippen LogP contribution in [0.5, 0.6) is 0 Å². The Kier molecular flexibility index (Phi) is 26.2. The van der Waals surface area contributed by atoms with Crippen molar-refractivity contribution in [3.63, 3.8) is 0 Å². The molecule has 0 aliphatic rings. The molecule has 0 saturated carbocycles. The van der Waals surface area contributed by atoms with Gasteiger partial charge in [0, 0.05) is 0 Å². The molecule has 0 rings (SSSR count). The number of carboxylic acid groups (broad SMARTS) is 3. The summed E-state index contributed by atoms with van der Waals surface area (Å²) in [7, 11) is 0. The van der Waals surface area contributed by atoms with Gasteiger partial charge in [-0.05, 0) is 51.4 Å². The van der Waals surface area contributed by atoms with E-state index in [4.69, 9.17) is 0 Å². The van der Waals surface area contributed by atoms with Crippen molar-refractivity contribution in [1.82, 2.24) is 0 Å². The summed E-state index contributed by atoms with van der Waals surface area (Å²) in [6.45, 7) is 9.25. The summed E-state index contributed by atoms with van der Waals surface area (Å²) in [4.78, 5) is 36.0. The monoisotopic (exact) mass is 625 g/mol. The van der Waals surface area contributed by atoms with E-state index in [9.17, 15) is 29.7 Å². The number of unbranched alkanes of at least 4 members (excludes halogenated alkanes) is 16. The average molecular weight is 625 g/mol. The summed E-state index contributed by atoms with van der Waals surface area (Å²) in [6.07, 6.45) is 28.5. The van der Waals surface area contributed by atoms with E-state index < -0.39 is 35.7 Å². The molecule has 0 saturated heterocycles. The molecule has 0 radical (unpaired) electrons. The number of carbonyl (C=O) groups is 3. The molecule has 0 aromatic carbocycles. The minimum absolute atomic E-state index is 0.260. The Hall–Kier alpha value is -1.89. The van der Waals surface area contributed by atoms with Gasteiger partial charge in [-0.3, -0.25) is 14.4 Å². The van der Waals surface area contributed by atoms with E-state index in [-0.39, 0.29) is 24.1 Å². The van der Waals surface area contributed by atoms with Crippen LogP contribution in [0.3, 0.4) is 0 Å². The van der Waals surface area contributed by atoms with Crippen molar-refractivity contribution in [1.29, 1.82) is 0 Å². The second kappa shape index (κ2) is 27.4. The lowest BCUT2D eigenvalue weighted by Crippen LogP contribution is -2.58. The second-order valence-corrected chi connectivity index (χ2v) is 13.3. The van der Waals surface area contributed by atoms with E-state index in [1.165, 1.54) is 96.3 Å². The maximum Gasteiger partial charge on any atom is 0.312 e. The molecule has 0 aliphatic heterocycles. The highest BCUT2D eigenvalue weighted by molar-refractivity contribution is 5.71. The first-order chi connectivity index (χ1) is 21.2. The Labute approximate surface area is 270 Å². The van der Waals surface area contributed by atoms with E-state index in [1.807, 2.05) is 20.8 Å². The van der Waals surface area contributed by atoms with Crippen LogP contribution in [-0.4, -0.2) is 63.9 Å². The third-order valence-corrected chi connectivity index (χ3v) is 9.49. The number of hydrogen-bond acceptors (Lipinski definition) is 3. The van der Waals surface area contributed by atoms with Crippen LogP contribution in [0.15, 0.2) is 12.2 Å². The van der Waals surface area contributed by atoms with E-state index in [0.29, 0.717) is 25.8 Å². The fourth-order valence-corrected chi connectivity index (χ4v) is 6.43. The van der Waals surface area contributed by atoms with E-state index in [0.717, 1.165) is 19.3 Å². The van der Waals surface area contributed by atoms with Gasteiger partial charge in [0.2, 0.25) is 0 Å². The summed E-state index contributed by atoms with van der Waals surface area (Å²) >= 11 is 0. The first kappa shape index (κ1) is 42.1. The van der Waals surface area contributed by atoms with Crippen molar-refractivity contribution in [2.45, 2.75) is 163 Å². The molecule has 0 aromatic rings. The molecule has 0 aromatic heterocycles. The van der Waals surface area contributed by atoms with Crippen molar-refractivity contribution in [3.05, 3.63) is 12.2 Å². The molecule has 3 unspecified atom stereocenters. The molecule has 7 nitrogen and oxygen atoms in total. The molecule has 0 amide bonds. The average Bonchev–Trinajstić information content (AvgIpc) is 2.99. The highest BCUT2D eigenvalue weighted by Crippen LogP contribution is 2.25. The first-order valence-electron chi connectivity index (χ1n) is 18.3. The number of aliphatic carboxylic acids is 3. The Morgan fingerprint density at radius 2 is 0.773 bits per heavy atom. The lowest BCUT2D eigenvalue weighted by molar-refractivity contribution is -0.935. The van der Waals surface area contributed by atoms with Gasteiger partial charge >= 0.3 is 17.9 Å². The zero-order valence-corrected chi connectivity index (χ0v) is 29.1. The van der Waals surface area contributed by atoms with Gasteiger partial charge in [-0.15, -0.1) is 0 Å². The molecule has 0 spiro atoms. The molecular weight excluding hydrogens is 554 g/mol. The van der Waals surface area contributed by atoms with Crippen molar-refractivity contribution in [3.8, 4) is 0 Å². The molecule has 3 atom stereocenters. The summed E-state index contributed by atoms with van der Waals surface area (Å²) in [5.41, 5.74) is 0. The second-order valence-electron chi connectivity index (χ2n) is 13.3. The summed E-state index contributed by atoms with van der Waals surface area (Å²) < 4.78 is 0.260. The van der Waals surface area contributed by atoms with Crippen LogP contribution in [0.2, 0.25) is 0 Å². The fourth-order valence-electron chi connectivity index (χ4n) is 6.43. The van der Waals surface area contributed by atoms with Crippen molar-refractivity contribution in [2.24, 2.45) is 17.8 Å². The van der Waals surface area contributed by atoms with Crippen LogP contribution in [0.4, 0.5) is 0 Å². The standard InChI is InChI=1S/C37H69NO6/c1-5-9-10-11-12-13-14-15-16-17-18-19-20-21-22-23-24-25-26-27-28-38(29-32(6-2)35(39)40,30-33(7-3)36(41)42)31-34(8-4)37(43)44/h11-12,32-34H,5-10,13-31H2,1-4H3,(H2-,39,40,41,42,43,44)/p+1/b12-11+. The molecule has 0 heterocycles. The maximum absolute atomic E-state index is 12.0. The topological polar surface area (TPSA) is 112 Å². The van der Waals surface area contributed by atoms with Crippen LogP contribution in [0, 0.1) is 17.8 Å². The van der Waals surface area contributed by atoms with Crippen molar-refractivity contribution < 1.29 is 34.2 Å². The highest BCUT2D eigenvalue weighted by Gasteiger charge is 2.40. The number of nitrogens with zero attached hydrogens (tertiary/aromatic N) is 1. The van der Waals surface area contributed by atoms with Gasteiger partial charge in [0.25, 0.3) is 0 Å². The molecular formula is C37H70NO6+. The third-order valence-electron chi connectivity index (χ3n) is 9.49. The number of quaternary nitrogens is 1. The normalized spacial score (nSPS) is 15.2. The Morgan fingerprint density at radius 3 is 1.07 bits per heavy atom. The predicted molar refractivity (Wildman–Crippen MR) is 182 cm³/mol. The maximum atomic E-state index is 12.0. The van der Waals surface area contributed by atoms with Crippen molar-refractivity contribution >= 4 is 17.9 Å². The lowest BCUT2D eigenvalue weighted by Gasteiger charge is -2.43. The molecule has 0 bridgehead atoms. The number of carboxylic acids is 3. The highest BCUT2D eigenvalue weighted by atomic mass is 16.4. The zero-order valence-electron chi connectivity index (χ0n) is 29.1. The summed E-state index contributed by atoms with van der Waals surface area (Å²) in [6, 6.07) is 0. The zero-order chi connectivity index (χ0) is 33.1.